The second kappa shape index (κ2) is 3.95. The average Bonchev–Trinajstić information content (AvgIpc) is 2.65. The first-order valence-electron chi connectivity index (χ1n) is 4.98. The van der Waals surface area contributed by atoms with Crippen LogP contribution >= 0.6 is 0 Å². The zero-order valence-electron chi connectivity index (χ0n) is 9.12. The third-order valence-electron chi connectivity index (χ3n) is 2.15. The van der Waals surface area contributed by atoms with E-state index >= 15 is 0 Å². The van der Waals surface area contributed by atoms with Crippen molar-refractivity contribution in [2.45, 2.75) is 46.1 Å². The van der Waals surface area contributed by atoms with E-state index in [4.69, 9.17) is 0 Å². The molecule has 1 heterocycles. The molecule has 2 nitrogen and oxygen atoms in total. The Morgan fingerprint density at radius 1 is 1.31 bits per heavy atom. The van der Waals surface area contributed by atoms with Gasteiger partial charge >= 0.3 is 0 Å². The fourth-order valence-electron chi connectivity index (χ4n) is 0.823. The highest BCUT2D eigenvalue weighted by Gasteiger charge is 2.12. The van der Waals surface area contributed by atoms with E-state index in [-0.39, 0.29) is 5.54 Å². The van der Waals surface area contributed by atoms with Crippen molar-refractivity contribution in [2.24, 2.45) is 5.92 Å². The van der Waals surface area contributed by atoms with E-state index in [2.05, 4.69) is 37.2 Å². The van der Waals surface area contributed by atoms with Crippen molar-refractivity contribution in [3.8, 4) is 0 Å². The van der Waals surface area contributed by atoms with Crippen LogP contribution in [-0.2, 0) is 5.54 Å². The number of aromatic nitrogens is 2. The van der Waals surface area contributed by atoms with Gasteiger partial charge in [-0.1, -0.05) is 19.8 Å². The van der Waals surface area contributed by atoms with Gasteiger partial charge in [-0.3, -0.25) is 0 Å². The molecule has 1 aliphatic rings. The van der Waals surface area contributed by atoms with Crippen LogP contribution in [0.2, 0.25) is 0 Å². The molecular formula is C11H20N2. The Labute approximate surface area is 81.0 Å². The highest BCUT2D eigenvalue weighted by atomic mass is 15.1. The summed E-state index contributed by atoms with van der Waals surface area (Å²) in [5, 5.41) is 0. The van der Waals surface area contributed by atoms with E-state index in [1.807, 2.05) is 12.5 Å². The minimum Gasteiger partial charge on any atom is -0.332 e. The zero-order chi connectivity index (χ0) is 9.90. The maximum atomic E-state index is 3.95. The van der Waals surface area contributed by atoms with Crippen LogP contribution < -0.4 is 0 Å². The Hall–Kier alpha value is -0.790. The summed E-state index contributed by atoms with van der Waals surface area (Å²) in [5.41, 5.74) is 0.177. The van der Waals surface area contributed by atoms with E-state index in [0.717, 1.165) is 5.92 Å². The SMILES string of the molecule is CC(C)(C)n1ccnc1.CC1CC1. The van der Waals surface area contributed by atoms with Crippen LogP contribution in [-0.4, -0.2) is 9.55 Å². The summed E-state index contributed by atoms with van der Waals surface area (Å²) >= 11 is 0. The Kier molecular flexibility index (Phi) is 3.12. The number of nitrogens with zero attached hydrogens (tertiary/aromatic N) is 2. The van der Waals surface area contributed by atoms with Crippen LogP contribution in [0.25, 0.3) is 0 Å². The van der Waals surface area contributed by atoms with Crippen molar-refractivity contribution < 1.29 is 0 Å². The Balaban J connectivity index is 0.000000175. The van der Waals surface area contributed by atoms with Crippen molar-refractivity contribution in [1.82, 2.24) is 9.55 Å². The lowest BCUT2D eigenvalue weighted by Crippen LogP contribution is -2.19. The van der Waals surface area contributed by atoms with Crippen LogP contribution in [0.3, 0.4) is 0 Å². The van der Waals surface area contributed by atoms with Gasteiger partial charge < -0.3 is 4.57 Å². The maximum absolute atomic E-state index is 3.95. The first-order chi connectivity index (χ1) is 6.00. The summed E-state index contributed by atoms with van der Waals surface area (Å²) < 4.78 is 2.08. The van der Waals surface area contributed by atoms with Crippen molar-refractivity contribution in [1.29, 1.82) is 0 Å². The Morgan fingerprint density at radius 3 is 2.00 bits per heavy atom. The largest absolute Gasteiger partial charge is 0.332 e. The van der Waals surface area contributed by atoms with Gasteiger partial charge in [-0.25, -0.2) is 4.98 Å². The van der Waals surface area contributed by atoms with Crippen molar-refractivity contribution in [2.75, 3.05) is 0 Å². The molecule has 0 unspecified atom stereocenters. The quantitative estimate of drug-likeness (QED) is 0.600. The number of rotatable bonds is 0. The molecule has 0 N–H and O–H groups in total. The number of hydrogen-bond acceptors (Lipinski definition) is 1. The molecule has 0 atom stereocenters. The third kappa shape index (κ3) is 4.11. The molecular weight excluding hydrogens is 160 g/mol. The molecule has 13 heavy (non-hydrogen) atoms. The molecule has 1 aliphatic carbocycles. The van der Waals surface area contributed by atoms with E-state index in [9.17, 15) is 0 Å². The Morgan fingerprint density at radius 2 is 1.85 bits per heavy atom. The summed E-state index contributed by atoms with van der Waals surface area (Å²) in [4.78, 5) is 3.95. The second-order valence-electron chi connectivity index (χ2n) is 4.82. The zero-order valence-corrected chi connectivity index (χ0v) is 9.12. The first kappa shape index (κ1) is 10.3. The van der Waals surface area contributed by atoms with Gasteiger partial charge in [0.15, 0.2) is 0 Å². The van der Waals surface area contributed by atoms with Crippen molar-refractivity contribution >= 4 is 0 Å². The van der Waals surface area contributed by atoms with E-state index in [1.165, 1.54) is 12.8 Å². The molecule has 0 radical (unpaired) electrons. The maximum Gasteiger partial charge on any atom is 0.0950 e. The lowest BCUT2D eigenvalue weighted by Gasteiger charge is -2.19. The predicted molar refractivity (Wildman–Crippen MR) is 55.6 cm³/mol. The minimum atomic E-state index is 0.177. The highest BCUT2D eigenvalue weighted by molar-refractivity contribution is 4.82. The van der Waals surface area contributed by atoms with Gasteiger partial charge in [-0.2, -0.15) is 0 Å². The van der Waals surface area contributed by atoms with Gasteiger partial charge in [0.1, 0.15) is 0 Å². The first-order valence-corrected chi connectivity index (χ1v) is 4.98. The predicted octanol–water partition coefficient (Wildman–Crippen LogP) is 3.05. The van der Waals surface area contributed by atoms with Crippen LogP contribution in [0.15, 0.2) is 18.7 Å². The molecule has 2 rings (SSSR count). The molecule has 0 amide bonds. The van der Waals surface area contributed by atoms with E-state index in [1.54, 1.807) is 6.20 Å². The molecule has 1 saturated carbocycles. The Bertz CT molecular complexity index is 227. The molecule has 1 fully saturated rings. The van der Waals surface area contributed by atoms with Crippen molar-refractivity contribution in [3.05, 3.63) is 18.7 Å². The lowest BCUT2D eigenvalue weighted by molar-refractivity contribution is 0.396. The average molecular weight is 180 g/mol. The second-order valence-corrected chi connectivity index (χ2v) is 4.82. The molecule has 1 aromatic rings. The smallest absolute Gasteiger partial charge is 0.0950 e. The molecule has 0 spiro atoms. The fourth-order valence-corrected chi connectivity index (χ4v) is 0.823. The van der Waals surface area contributed by atoms with Gasteiger partial charge in [0.2, 0.25) is 0 Å². The molecule has 74 valence electrons. The van der Waals surface area contributed by atoms with Crippen LogP contribution in [0, 0.1) is 5.92 Å². The van der Waals surface area contributed by atoms with E-state index < -0.39 is 0 Å². The van der Waals surface area contributed by atoms with Gasteiger partial charge in [0, 0.05) is 17.9 Å². The monoisotopic (exact) mass is 180 g/mol. The molecule has 0 aliphatic heterocycles. The summed E-state index contributed by atoms with van der Waals surface area (Å²) in [6.07, 6.45) is 8.57. The van der Waals surface area contributed by atoms with Crippen LogP contribution in [0.5, 0.6) is 0 Å². The number of imidazole rings is 1. The minimum absolute atomic E-state index is 0.177. The molecule has 0 bridgehead atoms. The lowest BCUT2D eigenvalue weighted by atomic mass is 10.1. The molecule has 2 heteroatoms. The van der Waals surface area contributed by atoms with Gasteiger partial charge in [0.25, 0.3) is 0 Å². The van der Waals surface area contributed by atoms with Gasteiger partial charge in [-0.05, 0) is 26.7 Å². The number of hydrogen-bond donors (Lipinski definition) is 0. The standard InChI is InChI=1S/C7H12N2.C4H8/c1-7(2,3)9-5-4-8-6-9;1-4-2-3-4/h4-6H,1-3H3;4H,2-3H2,1H3. The highest BCUT2D eigenvalue weighted by Crippen LogP contribution is 2.26. The molecule has 0 saturated heterocycles. The normalized spacial score (nSPS) is 16.3. The summed E-state index contributed by atoms with van der Waals surface area (Å²) in [5.74, 6) is 1.08. The summed E-state index contributed by atoms with van der Waals surface area (Å²) in [6, 6.07) is 0. The van der Waals surface area contributed by atoms with E-state index in [0.29, 0.717) is 0 Å². The molecule has 0 aromatic carbocycles. The summed E-state index contributed by atoms with van der Waals surface area (Å²) in [6.45, 7) is 8.72. The molecule has 1 aromatic heterocycles. The van der Waals surface area contributed by atoms with Gasteiger partial charge in [0.05, 0.1) is 6.33 Å². The fraction of sp³-hybridized carbons (Fsp3) is 0.727. The topological polar surface area (TPSA) is 17.8 Å². The van der Waals surface area contributed by atoms with Gasteiger partial charge in [-0.15, -0.1) is 0 Å². The van der Waals surface area contributed by atoms with Crippen molar-refractivity contribution in [3.63, 3.8) is 0 Å². The van der Waals surface area contributed by atoms with Crippen LogP contribution in [0.1, 0.15) is 40.5 Å². The third-order valence-corrected chi connectivity index (χ3v) is 2.15. The van der Waals surface area contributed by atoms with Crippen LogP contribution in [0.4, 0.5) is 0 Å². The summed E-state index contributed by atoms with van der Waals surface area (Å²) in [7, 11) is 0.